The van der Waals surface area contributed by atoms with Crippen molar-refractivity contribution in [1.29, 1.82) is 0 Å². The molecule has 2 aromatic rings. The molecule has 0 unspecified atom stereocenters. The zero-order valence-corrected chi connectivity index (χ0v) is 14.2. The fraction of sp³-hybridized carbons (Fsp3) is 0.444. The molecule has 0 radical (unpaired) electrons. The number of halogens is 1. The molecule has 0 aliphatic heterocycles. The number of nitrogens with zero attached hydrogens (tertiary/aromatic N) is 1. The molecule has 1 aromatic carbocycles. The maximum absolute atomic E-state index is 13.8. The SMILES string of the molecule is CCc1ocnc1C(=O)N[C@@H](c1cc(F)ccc1OC)C1CC(O)C1. The van der Waals surface area contributed by atoms with E-state index in [1.54, 1.807) is 0 Å². The average molecular weight is 348 g/mol. The Hall–Kier alpha value is -2.41. The normalized spacial score (nSPS) is 20.6. The van der Waals surface area contributed by atoms with Crippen LogP contribution in [0.4, 0.5) is 4.39 Å². The van der Waals surface area contributed by atoms with E-state index in [0.29, 0.717) is 36.3 Å². The van der Waals surface area contributed by atoms with Crippen LogP contribution < -0.4 is 10.1 Å². The summed E-state index contributed by atoms with van der Waals surface area (Å²) in [5, 5.41) is 12.6. The summed E-state index contributed by atoms with van der Waals surface area (Å²) >= 11 is 0. The van der Waals surface area contributed by atoms with Crippen LogP contribution in [-0.4, -0.2) is 29.2 Å². The van der Waals surface area contributed by atoms with Crippen LogP contribution in [0, 0.1) is 11.7 Å². The molecule has 1 heterocycles. The molecule has 134 valence electrons. The Labute approximate surface area is 145 Å². The fourth-order valence-corrected chi connectivity index (χ4v) is 3.22. The number of ether oxygens (including phenoxy) is 1. The second kappa shape index (κ2) is 7.23. The Morgan fingerprint density at radius 3 is 2.92 bits per heavy atom. The molecule has 25 heavy (non-hydrogen) atoms. The first-order valence-corrected chi connectivity index (χ1v) is 8.28. The van der Waals surface area contributed by atoms with Crippen LogP contribution in [0.5, 0.6) is 5.75 Å². The molecular formula is C18H21FN2O4. The third-order valence-electron chi connectivity index (χ3n) is 4.61. The smallest absolute Gasteiger partial charge is 0.274 e. The molecule has 2 N–H and O–H groups in total. The van der Waals surface area contributed by atoms with Gasteiger partial charge < -0.3 is 19.6 Å². The van der Waals surface area contributed by atoms with Crippen LogP contribution in [0.15, 0.2) is 29.0 Å². The highest BCUT2D eigenvalue weighted by Gasteiger charge is 2.37. The molecule has 7 heteroatoms. The largest absolute Gasteiger partial charge is 0.496 e. The van der Waals surface area contributed by atoms with E-state index in [2.05, 4.69) is 10.3 Å². The van der Waals surface area contributed by atoms with Crippen LogP contribution in [0.3, 0.4) is 0 Å². The summed E-state index contributed by atoms with van der Waals surface area (Å²) < 4.78 is 24.3. The van der Waals surface area contributed by atoms with Gasteiger partial charge in [0, 0.05) is 12.0 Å². The number of aromatic nitrogens is 1. The summed E-state index contributed by atoms with van der Waals surface area (Å²) in [7, 11) is 1.50. The maximum atomic E-state index is 13.8. The van der Waals surface area contributed by atoms with E-state index in [4.69, 9.17) is 9.15 Å². The van der Waals surface area contributed by atoms with Gasteiger partial charge in [-0.1, -0.05) is 6.92 Å². The number of aliphatic hydroxyl groups is 1. The number of nitrogens with one attached hydrogen (secondary N) is 1. The minimum atomic E-state index is -0.483. The monoisotopic (exact) mass is 348 g/mol. The van der Waals surface area contributed by atoms with E-state index in [9.17, 15) is 14.3 Å². The van der Waals surface area contributed by atoms with E-state index >= 15 is 0 Å². The third-order valence-corrected chi connectivity index (χ3v) is 4.61. The predicted octanol–water partition coefficient (Wildman–Crippen LogP) is 2.63. The van der Waals surface area contributed by atoms with Crippen molar-refractivity contribution in [3.05, 3.63) is 47.4 Å². The van der Waals surface area contributed by atoms with Gasteiger partial charge >= 0.3 is 0 Å². The Kier molecular flexibility index (Phi) is 5.03. The van der Waals surface area contributed by atoms with Gasteiger partial charge in [0.1, 0.15) is 17.3 Å². The maximum Gasteiger partial charge on any atom is 0.274 e. The second-order valence-electron chi connectivity index (χ2n) is 6.20. The van der Waals surface area contributed by atoms with Crippen LogP contribution in [0.25, 0.3) is 0 Å². The molecular weight excluding hydrogens is 327 g/mol. The Bertz CT molecular complexity index is 755. The Balaban J connectivity index is 1.91. The first-order chi connectivity index (χ1) is 12.0. The fourth-order valence-electron chi connectivity index (χ4n) is 3.22. The Morgan fingerprint density at radius 1 is 1.52 bits per heavy atom. The van der Waals surface area contributed by atoms with E-state index < -0.39 is 18.0 Å². The number of rotatable bonds is 6. The summed E-state index contributed by atoms with van der Waals surface area (Å²) in [6.45, 7) is 1.87. The van der Waals surface area contributed by atoms with Gasteiger partial charge in [-0.3, -0.25) is 4.79 Å². The first-order valence-electron chi connectivity index (χ1n) is 8.28. The minimum Gasteiger partial charge on any atom is -0.496 e. The average Bonchev–Trinajstić information content (AvgIpc) is 3.06. The van der Waals surface area contributed by atoms with Crippen molar-refractivity contribution in [3.63, 3.8) is 0 Å². The highest BCUT2D eigenvalue weighted by molar-refractivity contribution is 5.93. The number of oxazole rings is 1. The number of hydrogen-bond donors (Lipinski definition) is 2. The standard InChI is InChI=1S/C18H21FN2O4/c1-3-14-17(20-9-25-14)18(23)21-16(10-6-12(22)7-10)13-8-11(19)4-5-15(13)24-2/h4-5,8-10,12,16,22H,3,6-7H2,1-2H3,(H,21,23)/t10?,12?,16-/m1/s1. The van der Waals surface area contributed by atoms with Crippen LogP contribution in [0.1, 0.15) is 47.6 Å². The third kappa shape index (κ3) is 3.51. The van der Waals surface area contributed by atoms with Crippen molar-refractivity contribution in [2.45, 2.75) is 38.3 Å². The highest BCUT2D eigenvalue weighted by Crippen LogP contribution is 2.41. The molecule has 1 aliphatic carbocycles. The molecule has 1 fully saturated rings. The van der Waals surface area contributed by atoms with E-state index in [1.165, 1.54) is 31.7 Å². The molecule has 0 bridgehead atoms. The van der Waals surface area contributed by atoms with Gasteiger partial charge in [-0.15, -0.1) is 0 Å². The lowest BCUT2D eigenvalue weighted by Gasteiger charge is -2.38. The number of benzene rings is 1. The van der Waals surface area contributed by atoms with Gasteiger partial charge in [0.15, 0.2) is 12.1 Å². The summed E-state index contributed by atoms with van der Waals surface area (Å²) in [6.07, 6.45) is 2.44. The topological polar surface area (TPSA) is 84.6 Å². The van der Waals surface area contributed by atoms with Gasteiger partial charge in [0.25, 0.3) is 5.91 Å². The lowest BCUT2D eigenvalue weighted by atomic mass is 9.74. The van der Waals surface area contributed by atoms with Crippen molar-refractivity contribution in [2.24, 2.45) is 5.92 Å². The number of aliphatic hydroxyl groups excluding tert-OH is 1. The van der Waals surface area contributed by atoms with Gasteiger partial charge in [-0.2, -0.15) is 0 Å². The molecule has 0 saturated heterocycles. The van der Waals surface area contributed by atoms with Crippen molar-refractivity contribution < 1.29 is 23.4 Å². The number of hydrogen-bond acceptors (Lipinski definition) is 5. The molecule has 1 saturated carbocycles. The second-order valence-corrected chi connectivity index (χ2v) is 6.20. The number of amides is 1. The van der Waals surface area contributed by atoms with Gasteiger partial charge in [0.2, 0.25) is 0 Å². The number of carbonyl (C=O) groups is 1. The van der Waals surface area contributed by atoms with Gasteiger partial charge in [-0.05, 0) is 37.0 Å². The molecule has 0 spiro atoms. The van der Waals surface area contributed by atoms with Crippen molar-refractivity contribution in [2.75, 3.05) is 7.11 Å². The minimum absolute atomic E-state index is 0.00775. The summed E-state index contributed by atoms with van der Waals surface area (Å²) in [4.78, 5) is 16.6. The van der Waals surface area contributed by atoms with Crippen LogP contribution in [-0.2, 0) is 6.42 Å². The summed E-state index contributed by atoms with van der Waals surface area (Å²) in [5.41, 5.74) is 0.775. The molecule has 1 amide bonds. The molecule has 6 nitrogen and oxygen atoms in total. The first kappa shape index (κ1) is 17.4. The highest BCUT2D eigenvalue weighted by atomic mass is 19.1. The van der Waals surface area contributed by atoms with Crippen LogP contribution >= 0.6 is 0 Å². The summed E-state index contributed by atoms with van der Waals surface area (Å²) in [6, 6.07) is 3.72. The predicted molar refractivity (Wildman–Crippen MR) is 87.8 cm³/mol. The lowest BCUT2D eigenvalue weighted by molar-refractivity contribution is 0.0230. The van der Waals surface area contributed by atoms with Crippen molar-refractivity contribution >= 4 is 5.91 Å². The molecule has 1 atom stereocenters. The quantitative estimate of drug-likeness (QED) is 0.838. The molecule has 3 rings (SSSR count). The molecule has 1 aliphatic rings. The zero-order chi connectivity index (χ0) is 18.0. The van der Waals surface area contributed by atoms with Gasteiger partial charge in [0.05, 0.1) is 19.3 Å². The van der Waals surface area contributed by atoms with Crippen LogP contribution in [0.2, 0.25) is 0 Å². The lowest BCUT2D eigenvalue weighted by Crippen LogP contribution is -2.41. The van der Waals surface area contributed by atoms with E-state index in [1.807, 2.05) is 6.92 Å². The number of aryl methyl sites for hydroxylation is 1. The summed E-state index contributed by atoms with van der Waals surface area (Å²) in [5.74, 6) is 0.181. The molecule has 1 aromatic heterocycles. The van der Waals surface area contributed by atoms with E-state index in [-0.39, 0.29) is 17.5 Å². The van der Waals surface area contributed by atoms with Gasteiger partial charge in [-0.25, -0.2) is 9.37 Å². The Morgan fingerprint density at radius 2 is 2.28 bits per heavy atom. The zero-order valence-electron chi connectivity index (χ0n) is 14.2. The van der Waals surface area contributed by atoms with E-state index in [0.717, 1.165) is 0 Å². The number of carbonyl (C=O) groups excluding carboxylic acids is 1. The van der Waals surface area contributed by atoms with Crippen molar-refractivity contribution in [3.8, 4) is 5.75 Å². The van der Waals surface area contributed by atoms with Crippen molar-refractivity contribution in [1.82, 2.24) is 10.3 Å². The number of methoxy groups -OCH3 is 1.